The molecule has 1 aromatic heterocycles. The predicted molar refractivity (Wildman–Crippen MR) is 72.8 cm³/mol. The largest absolute Gasteiger partial charge is 0.346 e. The molecule has 2 nitrogen and oxygen atoms in total. The Labute approximate surface area is 105 Å². The number of halogens is 1. The molecule has 0 fully saturated rings. The van der Waals surface area contributed by atoms with Gasteiger partial charge in [0, 0.05) is 28.6 Å². The Morgan fingerprint density at radius 1 is 1.44 bits per heavy atom. The Balaban J connectivity index is 2.73. The highest BCUT2D eigenvalue weighted by Gasteiger charge is 2.13. The van der Waals surface area contributed by atoms with Gasteiger partial charge in [-0.15, -0.1) is 0 Å². The van der Waals surface area contributed by atoms with Crippen LogP contribution in [0.1, 0.15) is 25.5 Å². The van der Waals surface area contributed by atoms with Gasteiger partial charge in [-0.3, -0.25) is 0 Å². The van der Waals surface area contributed by atoms with E-state index >= 15 is 0 Å². The summed E-state index contributed by atoms with van der Waals surface area (Å²) in [4.78, 5) is 0. The Kier molecular flexibility index (Phi) is 3.36. The number of para-hydroxylation sites is 1. The van der Waals surface area contributed by atoms with Gasteiger partial charge in [-0.2, -0.15) is 0 Å². The quantitative estimate of drug-likeness (QED) is 0.907. The van der Waals surface area contributed by atoms with E-state index in [0.29, 0.717) is 6.04 Å². The van der Waals surface area contributed by atoms with Crippen molar-refractivity contribution in [3.8, 4) is 0 Å². The average molecular weight is 281 g/mol. The molecule has 86 valence electrons. The molecular weight excluding hydrogens is 264 g/mol. The van der Waals surface area contributed by atoms with Gasteiger partial charge in [0.15, 0.2) is 0 Å². The molecule has 0 bridgehead atoms. The van der Waals surface area contributed by atoms with E-state index in [1.807, 2.05) is 7.05 Å². The van der Waals surface area contributed by atoms with Crippen LogP contribution in [0.25, 0.3) is 10.9 Å². The molecule has 0 saturated heterocycles. The van der Waals surface area contributed by atoms with Crippen LogP contribution in [0.15, 0.2) is 28.9 Å². The zero-order valence-corrected chi connectivity index (χ0v) is 11.5. The Bertz CT molecular complexity index is 502. The number of aryl methyl sites for hydroxylation is 1. The van der Waals surface area contributed by atoms with Crippen molar-refractivity contribution >= 4 is 26.8 Å². The van der Waals surface area contributed by atoms with E-state index in [4.69, 9.17) is 0 Å². The van der Waals surface area contributed by atoms with E-state index in [2.05, 4.69) is 64.1 Å². The molecule has 1 N–H and O–H groups in total. The molecule has 0 aliphatic carbocycles. The molecular formula is C13H17BrN2. The highest BCUT2D eigenvalue weighted by Crippen LogP contribution is 2.31. The lowest BCUT2D eigenvalue weighted by Gasteiger charge is -2.08. The van der Waals surface area contributed by atoms with Gasteiger partial charge in [-0.05, 0) is 48.5 Å². The summed E-state index contributed by atoms with van der Waals surface area (Å²) in [7, 11) is 2.00. The van der Waals surface area contributed by atoms with Crippen LogP contribution < -0.4 is 5.32 Å². The van der Waals surface area contributed by atoms with Crippen molar-refractivity contribution in [2.75, 3.05) is 7.05 Å². The molecule has 3 heteroatoms. The van der Waals surface area contributed by atoms with E-state index in [1.54, 1.807) is 0 Å². The summed E-state index contributed by atoms with van der Waals surface area (Å²) in [5.74, 6) is 0. The van der Waals surface area contributed by atoms with Crippen molar-refractivity contribution in [3.63, 3.8) is 0 Å². The number of fused-ring (bicyclic) bond motifs is 1. The van der Waals surface area contributed by atoms with E-state index in [-0.39, 0.29) is 0 Å². The third-order valence-corrected chi connectivity index (χ3v) is 3.76. The van der Waals surface area contributed by atoms with Crippen LogP contribution in [-0.4, -0.2) is 11.6 Å². The monoisotopic (exact) mass is 280 g/mol. The van der Waals surface area contributed by atoms with E-state index < -0.39 is 0 Å². The molecule has 0 radical (unpaired) electrons. The number of hydrogen-bond acceptors (Lipinski definition) is 1. The number of rotatable bonds is 3. The first kappa shape index (κ1) is 11.7. The van der Waals surface area contributed by atoms with Crippen molar-refractivity contribution in [1.82, 2.24) is 9.88 Å². The summed E-state index contributed by atoms with van der Waals surface area (Å²) in [5.41, 5.74) is 2.66. The standard InChI is InChI=1S/C13H17BrN2/c1-4-16-8-11(9(2)15-3)10-6-5-7-12(14)13(10)16/h5-9,15H,4H2,1-3H3. The molecule has 1 unspecified atom stereocenters. The minimum absolute atomic E-state index is 0.379. The summed E-state index contributed by atoms with van der Waals surface area (Å²) >= 11 is 3.63. The minimum Gasteiger partial charge on any atom is -0.346 e. The number of nitrogens with zero attached hydrogens (tertiary/aromatic N) is 1. The van der Waals surface area contributed by atoms with Crippen molar-refractivity contribution < 1.29 is 0 Å². The molecule has 1 aromatic carbocycles. The molecule has 0 amide bonds. The van der Waals surface area contributed by atoms with Crippen LogP contribution in [-0.2, 0) is 6.54 Å². The van der Waals surface area contributed by atoms with Gasteiger partial charge in [-0.1, -0.05) is 12.1 Å². The highest BCUT2D eigenvalue weighted by molar-refractivity contribution is 9.10. The first-order chi connectivity index (χ1) is 7.69. The molecule has 16 heavy (non-hydrogen) atoms. The van der Waals surface area contributed by atoms with Gasteiger partial charge in [0.25, 0.3) is 0 Å². The second-order valence-electron chi connectivity index (χ2n) is 4.02. The molecule has 0 saturated carbocycles. The van der Waals surface area contributed by atoms with Crippen LogP contribution in [0.2, 0.25) is 0 Å². The number of benzene rings is 1. The third-order valence-electron chi connectivity index (χ3n) is 3.12. The van der Waals surface area contributed by atoms with E-state index in [0.717, 1.165) is 6.54 Å². The Morgan fingerprint density at radius 3 is 2.81 bits per heavy atom. The first-order valence-electron chi connectivity index (χ1n) is 5.63. The fourth-order valence-electron chi connectivity index (χ4n) is 2.09. The molecule has 0 spiro atoms. The molecule has 0 aliphatic heterocycles. The van der Waals surface area contributed by atoms with Crippen LogP contribution in [0, 0.1) is 0 Å². The van der Waals surface area contributed by atoms with Crippen molar-refractivity contribution in [1.29, 1.82) is 0 Å². The van der Waals surface area contributed by atoms with Crippen LogP contribution in [0.5, 0.6) is 0 Å². The maximum atomic E-state index is 3.63. The Morgan fingerprint density at radius 2 is 2.19 bits per heavy atom. The maximum absolute atomic E-state index is 3.63. The number of nitrogens with one attached hydrogen (secondary N) is 1. The van der Waals surface area contributed by atoms with Gasteiger partial charge in [0.05, 0.1) is 5.52 Å². The maximum Gasteiger partial charge on any atom is 0.0628 e. The normalized spacial score (nSPS) is 13.2. The van der Waals surface area contributed by atoms with Gasteiger partial charge in [0.1, 0.15) is 0 Å². The van der Waals surface area contributed by atoms with Gasteiger partial charge in [0.2, 0.25) is 0 Å². The summed E-state index contributed by atoms with van der Waals surface area (Å²) in [6.45, 7) is 5.36. The van der Waals surface area contributed by atoms with E-state index in [9.17, 15) is 0 Å². The van der Waals surface area contributed by atoms with E-state index in [1.165, 1.54) is 20.9 Å². The number of aromatic nitrogens is 1. The highest BCUT2D eigenvalue weighted by atomic mass is 79.9. The predicted octanol–water partition coefficient (Wildman–Crippen LogP) is 3.70. The fourth-order valence-corrected chi connectivity index (χ4v) is 2.69. The first-order valence-corrected chi connectivity index (χ1v) is 6.42. The second-order valence-corrected chi connectivity index (χ2v) is 4.87. The number of hydrogen-bond donors (Lipinski definition) is 1. The van der Waals surface area contributed by atoms with Crippen LogP contribution in [0.4, 0.5) is 0 Å². The van der Waals surface area contributed by atoms with Gasteiger partial charge >= 0.3 is 0 Å². The summed E-state index contributed by atoms with van der Waals surface area (Å²) in [5, 5.41) is 4.63. The zero-order valence-electron chi connectivity index (χ0n) is 9.92. The third kappa shape index (κ3) is 1.78. The fraction of sp³-hybridized carbons (Fsp3) is 0.385. The van der Waals surface area contributed by atoms with Crippen molar-refractivity contribution in [3.05, 3.63) is 34.4 Å². The van der Waals surface area contributed by atoms with Crippen LogP contribution in [0.3, 0.4) is 0 Å². The topological polar surface area (TPSA) is 17.0 Å². The van der Waals surface area contributed by atoms with Crippen LogP contribution >= 0.6 is 15.9 Å². The molecule has 1 heterocycles. The lowest BCUT2D eigenvalue weighted by molar-refractivity contribution is 0.651. The Hall–Kier alpha value is -0.800. The van der Waals surface area contributed by atoms with Gasteiger partial charge < -0.3 is 9.88 Å². The molecule has 2 aromatic rings. The molecule has 0 aliphatic rings. The second kappa shape index (κ2) is 4.60. The van der Waals surface area contributed by atoms with Crippen molar-refractivity contribution in [2.24, 2.45) is 0 Å². The minimum atomic E-state index is 0.379. The SMILES string of the molecule is CCn1cc(C(C)NC)c2cccc(Br)c21. The smallest absolute Gasteiger partial charge is 0.0628 e. The lowest BCUT2D eigenvalue weighted by Crippen LogP contribution is -2.11. The zero-order chi connectivity index (χ0) is 11.7. The summed E-state index contributed by atoms with van der Waals surface area (Å²) < 4.78 is 3.46. The molecule has 1 atom stereocenters. The molecule has 2 rings (SSSR count). The average Bonchev–Trinajstić information content (AvgIpc) is 2.68. The van der Waals surface area contributed by atoms with Gasteiger partial charge in [-0.25, -0.2) is 0 Å². The van der Waals surface area contributed by atoms with Crippen molar-refractivity contribution in [2.45, 2.75) is 26.4 Å². The summed E-state index contributed by atoms with van der Waals surface area (Å²) in [6, 6.07) is 6.76. The lowest BCUT2D eigenvalue weighted by atomic mass is 10.1. The summed E-state index contributed by atoms with van der Waals surface area (Å²) in [6.07, 6.45) is 2.25.